The Morgan fingerprint density at radius 1 is 1.71 bits per heavy atom. The molecular weight excluding hydrogens is 202 g/mol. The lowest BCUT2D eigenvalue weighted by Crippen LogP contribution is -2.62. The zero-order valence-electron chi connectivity index (χ0n) is 8.38. The molecule has 14 heavy (non-hydrogen) atoms. The quantitative estimate of drug-likeness (QED) is 0.803. The summed E-state index contributed by atoms with van der Waals surface area (Å²) in [5.41, 5.74) is 0.951. The van der Waals surface area contributed by atoms with Crippen LogP contribution in [0.3, 0.4) is 0 Å². The molecule has 0 aromatic carbocycles. The molecule has 0 spiro atoms. The van der Waals surface area contributed by atoms with Gasteiger partial charge in [0, 0.05) is 33.7 Å². The van der Waals surface area contributed by atoms with Crippen LogP contribution < -0.4 is 5.32 Å². The van der Waals surface area contributed by atoms with Crippen molar-refractivity contribution in [2.24, 2.45) is 7.05 Å². The highest BCUT2D eigenvalue weighted by Gasteiger charge is 2.38. The smallest absolute Gasteiger partial charge is 0.150 e. The SMILES string of the molecule is COC1(Cc2c(Cl)ncn2C)CNC1. The maximum absolute atomic E-state index is 5.98. The van der Waals surface area contributed by atoms with Gasteiger partial charge in [-0.3, -0.25) is 0 Å². The van der Waals surface area contributed by atoms with Gasteiger partial charge in [-0.25, -0.2) is 4.98 Å². The fourth-order valence-corrected chi connectivity index (χ4v) is 1.92. The van der Waals surface area contributed by atoms with E-state index >= 15 is 0 Å². The minimum Gasteiger partial charge on any atom is -0.375 e. The Morgan fingerprint density at radius 2 is 2.43 bits per heavy atom. The van der Waals surface area contributed by atoms with E-state index in [2.05, 4.69) is 10.3 Å². The first-order valence-electron chi connectivity index (χ1n) is 4.58. The standard InChI is InChI=1S/C9H14ClN3O/c1-13-6-12-8(10)7(13)3-9(14-2)4-11-5-9/h6,11H,3-5H2,1-2H3. The first kappa shape index (κ1) is 9.96. The van der Waals surface area contributed by atoms with E-state index in [0.717, 1.165) is 25.2 Å². The zero-order valence-corrected chi connectivity index (χ0v) is 9.14. The molecule has 2 heterocycles. The summed E-state index contributed by atoms with van der Waals surface area (Å²) in [6.45, 7) is 1.76. The summed E-state index contributed by atoms with van der Waals surface area (Å²) < 4.78 is 7.44. The van der Waals surface area contributed by atoms with E-state index in [-0.39, 0.29) is 5.60 Å². The van der Waals surface area contributed by atoms with Gasteiger partial charge in [0.05, 0.1) is 17.6 Å². The van der Waals surface area contributed by atoms with Crippen LogP contribution in [0.15, 0.2) is 6.33 Å². The number of rotatable bonds is 3. The Balaban J connectivity index is 2.17. The van der Waals surface area contributed by atoms with Crippen LogP contribution in [0.1, 0.15) is 5.69 Å². The molecule has 0 saturated carbocycles. The molecule has 0 aliphatic carbocycles. The summed E-state index contributed by atoms with van der Waals surface area (Å²) in [6.07, 6.45) is 2.54. The maximum Gasteiger partial charge on any atom is 0.150 e. The fraction of sp³-hybridized carbons (Fsp3) is 0.667. The lowest BCUT2D eigenvalue weighted by atomic mass is 9.91. The molecule has 1 aliphatic rings. The highest BCUT2D eigenvalue weighted by Crippen LogP contribution is 2.24. The van der Waals surface area contributed by atoms with Gasteiger partial charge in [-0.2, -0.15) is 0 Å². The first-order valence-corrected chi connectivity index (χ1v) is 4.96. The van der Waals surface area contributed by atoms with Gasteiger partial charge in [-0.15, -0.1) is 0 Å². The summed E-state index contributed by atoms with van der Waals surface area (Å²) in [7, 11) is 3.69. The van der Waals surface area contributed by atoms with E-state index in [9.17, 15) is 0 Å². The lowest BCUT2D eigenvalue weighted by Gasteiger charge is -2.41. The minimum atomic E-state index is -0.0859. The Hall–Kier alpha value is -0.580. The third-order valence-electron chi connectivity index (χ3n) is 2.83. The summed E-state index contributed by atoms with van der Waals surface area (Å²) in [5, 5.41) is 3.79. The molecule has 1 aromatic heterocycles. The number of methoxy groups -OCH3 is 1. The number of aromatic nitrogens is 2. The third kappa shape index (κ3) is 1.54. The molecule has 1 aromatic rings. The zero-order chi connectivity index (χ0) is 10.2. The lowest BCUT2D eigenvalue weighted by molar-refractivity contribution is -0.0512. The van der Waals surface area contributed by atoms with Gasteiger partial charge in [-0.05, 0) is 0 Å². The van der Waals surface area contributed by atoms with Crippen molar-refractivity contribution in [2.75, 3.05) is 20.2 Å². The van der Waals surface area contributed by atoms with Gasteiger partial charge in [0.2, 0.25) is 0 Å². The minimum absolute atomic E-state index is 0.0859. The summed E-state index contributed by atoms with van der Waals surface area (Å²) >= 11 is 5.98. The van der Waals surface area contributed by atoms with Crippen molar-refractivity contribution in [1.29, 1.82) is 0 Å². The Morgan fingerprint density at radius 3 is 2.79 bits per heavy atom. The second kappa shape index (κ2) is 3.53. The van der Waals surface area contributed by atoms with Gasteiger partial charge in [0.25, 0.3) is 0 Å². The van der Waals surface area contributed by atoms with Crippen molar-refractivity contribution in [3.8, 4) is 0 Å². The molecule has 5 heteroatoms. The molecule has 1 N–H and O–H groups in total. The van der Waals surface area contributed by atoms with Crippen LogP contribution in [-0.4, -0.2) is 35.4 Å². The molecule has 2 rings (SSSR count). The number of hydrogen-bond acceptors (Lipinski definition) is 3. The van der Waals surface area contributed by atoms with Crippen LogP contribution in [0.25, 0.3) is 0 Å². The average molecular weight is 216 g/mol. The highest BCUT2D eigenvalue weighted by atomic mass is 35.5. The van der Waals surface area contributed by atoms with Gasteiger partial charge in [-0.1, -0.05) is 11.6 Å². The highest BCUT2D eigenvalue weighted by molar-refractivity contribution is 6.30. The number of halogens is 1. The number of imidazole rings is 1. The first-order chi connectivity index (χ1) is 6.67. The fourth-order valence-electron chi connectivity index (χ4n) is 1.68. The summed E-state index contributed by atoms with van der Waals surface area (Å²) in [6, 6.07) is 0. The monoisotopic (exact) mass is 215 g/mol. The molecule has 0 bridgehead atoms. The number of ether oxygens (including phenoxy) is 1. The van der Waals surface area contributed by atoms with Crippen LogP contribution >= 0.6 is 11.6 Å². The van der Waals surface area contributed by atoms with Crippen molar-refractivity contribution < 1.29 is 4.74 Å². The molecule has 0 unspecified atom stereocenters. The molecule has 0 atom stereocenters. The van der Waals surface area contributed by atoms with Crippen molar-refractivity contribution in [3.05, 3.63) is 17.2 Å². The Kier molecular flexibility index (Phi) is 2.51. The number of aryl methyl sites for hydroxylation is 1. The second-order valence-corrected chi connectivity index (χ2v) is 4.12. The topological polar surface area (TPSA) is 39.1 Å². The van der Waals surface area contributed by atoms with Crippen molar-refractivity contribution in [3.63, 3.8) is 0 Å². The van der Waals surface area contributed by atoms with Crippen molar-refractivity contribution >= 4 is 11.6 Å². The normalized spacial score (nSPS) is 19.4. The van der Waals surface area contributed by atoms with Crippen molar-refractivity contribution in [2.45, 2.75) is 12.0 Å². The van der Waals surface area contributed by atoms with Crippen LogP contribution in [0.5, 0.6) is 0 Å². The van der Waals surface area contributed by atoms with Gasteiger partial charge >= 0.3 is 0 Å². The second-order valence-electron chi connectivity index (χ2n) is 3.76. The van der Waals surface area contributed by atoms with E-state index < -0.39 is 0 Å². The van der Waals surface area contributed by atoms with E-state index in [1.54, 1.807) is 13.4 Å². The molecule has 0 amide bonds. The number of hydrogen-bond donors (Lipinski definition) is 1. The van der Waals surface area contributed by atoms with E-state index in [0.29, 0.717) is 5.15 Å². The molecule has 4 nitrogen and oxygen atoms in total. The molecule has 78 valence electrons. The Bertz CT molecular complexity index is 308. The van der Waals surface area contributed by atoms with Crippen LogP contribution in [0.4, 0.5) is 0 Å². The van der Waals surface area contributed by atoms with Crippen LogP contribution in [-0.2, 0) is 18.2 Å². The number of nitrogens with one attached hydrogen (secondary N) is 1. The molecule has 1 fully saturated rings. The van der Waals surface area contributed by atoms with Crippen LogP contribution in [0, 0.1) is 0 Å². The third-order valence-corrected chi connectivity index (χ3v) is 3.14. The molecule has 0 radical (unpaired) electrons. The van der Waals surface area contributed by atoms with E-state index in [1.807, 2.05) is 11.6 Å². The van der Waals surface area contributed by atoms with E-state index in [1.165, 1.54) is 0 Å². The molecular formula is C9H14ClN3O. The maximum atomic E-state index is 5.98. The average Bonchev–Trinajstić information content (AvgIpc) is 2.41. The molecule has 1 saturated heterocycles. The largest absolute Gasteiger partial charge is 0.375 e. The van der Waals surface area contributed by atoms with Gasteiger partial charge in [0.15, 0.2) is 0 Å². The predicted octanol–water partition coefficient (Wildman–Crippen LogP) is 0.604. The number of nitrogens with zero attached hydrogens (tertiary/aromatic N) is 2. The van der Waals surface area contributed by atoms with Gasteiger partial charge < -0.3 is 14.6 Å². The van der Waals surface area contributed by atoms with Gasteiger partial charge in [0.1, 0.15) is 5.15 Å². The van der Waals surface area contributed by atoms with E-state index in [4.69, 9.17) is 16.3 Å². The van der Waals surface area contributed by atoms with Crippen molar-refractivity contribution in [1.82, 2.24) is 14.9 Å². The van der Waals surface area contributed by atoms with Crippen LogP contribution in [0.2, 0.25) is 5.15 Å². The summed E-state index contributed by atoms with van der Waals surface area (Å²) in [4.78, 5) is 4.05. The predicted molar refractivity (Wildman–Crippen MR) is 54.5 cm³/mol. The summed E-state index contributed by atoms with van der Waals surface area (Å²) in [5.74, 6) is 0. The Labute approximate surface area is 88.2 Å². The molecule has 1 aliphatic heterocycles.